The smallest absolute Gasteiger partial charge is 0.393 e. The second-order valence-electron chi connectivity index (χ2n) is 4.87. The summed E-state index contributed by atoms with van der Waals surface area (Å²) >= 11 is 0. The van der Waals surface area contributed by atoms with E-state index < -0.39 is 11.7 Å². The van der Waals surface area contributed by atoms with Gasteiger partial charge in [0.25, 0.3) is 0 Å². The summed E-state index contributed by atoms with van der Waals surface area (Å²) in [4.78, 5) is 4.00. The molecule has 20 heavy (non-hydrogen) atoms. The number of nitrogens with zero attached hydrogens (tertiary/aromatic N) is 1. The minimum Gasteiger partial charge on any atom is -0.393 e. The van der Waals surface area contributed by atoms with E-state index in [0.29, 0.717) is 18.4 Å². The molecule has 0 aromatic heterocycles. The Morgan fingerprint density at radius 3 is 2.70 bits per heavy atom. The van der Waals surface area contributed by atoms with Gasteiger partial charge in [-0.3, -0.25) is 0 Å². The number of rotatable bonds is 3. The Hall–Kier alpha value is -1.76. The lowest BCUT2D eigenvalue weighted by molar-refractivity contribution is -0.137. The molecule has 110 valence electrons. The van der Waals surface area contributed by atoms with Gasteiger partial charge in [0, 0.05) is 6.04 Å². The highest BCUT2D eigenvalue weighted by molar-refractivity contribution is 5.78. The Balaban J connectivity index is 1.93. The van der Waals surface area contributed by atoms with Crippen molar-refractivity contribution in [3.05, 3.63) is 35.4 Å². The van der Waals surface area contributed by atoms with Crippen LogP contribution in [0.3, 0.4) is 0 Å². The molecule has 0 radical (unpaired) electrons. The zero-order valence-corrected chi connectivity index (χ0v) is 10.7. The summed E-state index contributed by atoms with van der Waals surface area (Å²) in [5, 5.41) is 12.0. The molecule has 4 nitrogen and oxygen atoms in total. The Morgan fingerprint density at radius 2 is 2.10 bits per heavy atom. The van der Waals surface area contributed by atoms with Crippen LogP contribution in [0.15, 0.2) is 29.3 Å². The molecule has 0 spiro atoms. The average molecular weight is 287 g/mol. The second-order valence-corrected chi connectivity index (χ2v) is 4.87. The van der Waals surface area contributed by atoms with Crippen LogP contribution in [0.2, 0.25) is 0 Å². The van der Waals surface area contributed by atoms with E-state index in [-0.39, 0.29) is 24.7 Å². The number of aliphatic imine (C=N–C) groups is 1. The van der Waals surface area contributed by atoms with E-state index in [1.807, 2.05) is 0 Å². The van der Waals surface area contributed by atoms with E-state index in [4.69, 9.17) is 10.8 Å². The maximum absolute atomic E-state index is 12.5. The molecule has 1 aromatic rings. The molecule has 0 unspecified atom stereocenters. The van der Waals surface area contributed by atoms with Gasteiger partial charge in [0.05, 0.1) is 18.2 Å². The largest absolute Gasteiger partial charge is 0.416 e. The molecule has 0 atom stereocenters. The van der Waals surface area contributed by atoms with E-state index in [9.17, 15) is 13.2 Å². The second kappa shape index (κ2) is 5.70. The Kier molecular flexibility index (Phi) is 4.17. The molecular weight excluding hydrogens is 271 g/mol. The van der Waals surface area contributed by atoms with Crippen molar-refractivity contribution >= 4 is 5.96 Å². The molecule has 1 aromatic carbocycles. The summed E-state index contributed by atoms with van der Waals surface area (Å²) in [6, 6.07) is 5.09. The highest BCUT2D eigenvalue weighted by Gasteiger charge is 2.30. The molecule has 1 fully saturated rings. The van der Waals surface area contributed by atoms with Crippen molar-refractivity contribution < 1.29 is 18.3 Å². The molecule has 0 amide bonds. The molecule has 1 saturated carbocycles. The van der Waals surface area contributed by atoms with Crippen molar-refractivity contribution in [2.45, 2.75) is 37.7 Å². The zero-order valence-electron chi connectivity index (χ0n) is 10.7. The van der Waals surface area contributed by atoms with E-state index in [1.165, 1.54) is 6.07 Å². The highest BCUT2D eigenvalue weighted by Crippen LogP contribution is 2.29. The standard InChI is InChI=1S/C13H16F3N3O/c14-13(15,16)9-3-1-2-8(4-9)7-18-12(17)19-10-5-11(20)6-10/h1-4,10-11,20H,5-7H2,(H3,17,18,19). The van der Waals surface area contributed by atoms with Crippen molar-refractivity contribution in [3.63, 3.8) is 0 Å². The first-order valence-electron chi connectivity index (χ1n) is 6.25. The summed E-state index contributed by atoms with van der Waals surface area (Å²) in [6.07, 6.45) is -3.44. The molecule has 0 aliphatic heterocycles. The number of halogens is 3. The first kappa shape index (κ1) is 14.6. The third-order valence-corrected chi connectivity index (χ3v) is 3.15. The monoisotopic (exact) mass is 287 g/mol. The van der Waals surface area contributed by atoms with Crippen LogP contribution < -0.4 is 11.1 Å². The summed E-state index contributed by atoms with van der Waals surface area (Å²) in [5.74, 6) is 0.180. The zero-order chi connectivity index (χ0) is 14.8. The molecule has 0 bridgehead atoms. The fourth-order valence-corrected chi connectivity index (χ4v) is 1.98. The molecular formula is C13H16F3N3O. The van der Waals surface area contributed by atoms with Gasteiger partial charge >= 0.3 is 6.18 Å². The number of nitrogens with one attached hydrogen (secondary N) is 1. The van der Waals surface area contributed by atoms with Crippen molar-refractivity contribution in [3.8, 4) is 0 Å². The van der Waals surface area contributed by atoms with Crippen LogP contribution >= 0.6 is 0 Å². The normalized spacial score (nSPS) is 23.3. The minimum atomic E-state index is -4.36. The van der Waals surface area contributed by atoms with Crippen LogP contribution in [-0.2, 0) is 12.7 Å². The van der Waals surface area contributed by atoms with E-state index in [0.717, 1.165) is 12.1 Å². The van der Waals surface area contributed by atoms with Gasteiger partial charge in [0.2, 0.25) is 0 Å². The quantitative estimate of drug-likeness (QED) is 0.584. The van der Waals surface area contributed by atoms with Gasteiger partial charge < -0.3 is 16.2 Å². The predicted molar refractivity (Wildman–Crippen MR) is 68.9 cm³/mol. The van der Waals surface area contributed by atoms with Gasteiger partial charge in [-0.2, -0.15) is 13.2 Å². The molecule has 1 aliphatic carbocycles. The number of hydrogen-bond acceptors (Lipinski definition) is 2. The fourth-order valence-electron chi connectivity index (χ4n) is 1.98. The predicted octanol–water partition coefficient (Wildman–Crippen LogP) is 1.63. The van der Waals surface area contributed by atoms with Gasteiger partial charge in [0.15, 0.2) is 5.96 Å². The van der Waals surface area contributed by atoms with E-state index in [1.54, 1.807) is 6.07 Å². The van der Waals surface area contributed by atoms with E-state index in [2.05, 4.69) is 10.3 Å². The molecule has 1 aliphatic rings. The van der Waals surface area contributed by atoms with E-state index >= 15 is 0 Å². The Morgan fingerprint density at radius 1 is 1.40 bits per heavy atom. The maximum atomic E-state index is 12.5. The minimum absolute atomic E-state index is 0.0814. The Labute approximate surface area is 114 Å². The highest BCUT2D eigenvalue weighted by atomic mass is 19.4. The maximum Gasteiger partial charge on any atom is 0.416 e. The number of aliphatic hydroxyl groups is 1. The number of aliphatic hydroxyl groups excluding tert-OH is 1. The number of benzene rings is 1. The van der Waals surface area contributed by atoms with Crippen molar-refractivity contribution in [1.29, 1.82) is 0 Å². The van der Waals surface area contributed by atoms with Gasteiger partial charge in [-0.1, -0.05) is 12.1 Å². The molecule has 4 N–H and O–H groups in total. The third kappa shape index (κ3) is 3.86. The fraction of sp³-hybridized carbons (Fsp3) is 0.462. The van der Waals surface area contributed by atoms with Gasteiger partial charge in [-0.05, 0) is 30.5 Å². The van der Waals surface area contributed by atoms with Gasteiger partial charge in [-0.15, -0.1) is 0 Å². The van der Waals surface area contributed by atoms with Crippen molar-refractivity contribution in [2.75, 3.05) is 0 Å². The summed E-state index contributed by atoms with van der Waals surface area (Å²) < 4.78 is 37.6. The van der Waals surface area contributed by atoms with Crippen LogP contribution in [0.4, 0.5) is 13.2 Å². The SMILES string of the molecule is NC(=NCc1cccc(C(F)(F)F)c1)NC1CC(O)C1. The summed E-state index contributed by atoms with van der Waals surface area (Å²) in [5.41, 5.74) is 5.38. The molecule has 0 saturated heterocycles. The average Bonchev–Trinajstić information content (AvgIpc) is 2.34. The number of hydrogen-bond donors (Lipinski definition) is 3. The number of alkyl halides is 3. The number of nitrogens with two attached hydrogens (primary N) is 1. The summed E-state index contributed by atoms with van der Waals surface area (Å²) in [7, 11) is 0. The molecule has 7 heteroatoms. The topological polar surface area (TPSA) is 70.6 Å². The lowest BCUT2D eigenvalue weighted by atomic mass is 9.90. The molecule has 0 heterocycles. The lowest BCUT2D eigenvalue weighted by Gasteiger charge is -2.32. The molecule has 2 rings (SSSR count). The van der Waals surface area contributed by atoms with Crippen molar-refractivity contribution in [2.24, 2.45) is 10.7 Å². The third-order valence-electron chi connectivity index (χ3n) is 3.15. The van der Waals surface area contributed by atoms with Crippen LogP contribution in [0.25, 0.3) is 0 Å². The van der Waals surface area contributed by atoms with Crippen molar-refractivity contribution in [1.82, 2.24) is 5.32 Å². The summed E-state index contributed by atoms with van der Waals surface area (Å²) in [6.45, 7) is 0.0814. The first-order chi connectivity index (χ1) is 9.34. The van der Waals surface area contributed by atoms with Crippen LogP contribution in [0.5, 0.6) is 0 Å². The van der Waals surface area contributed by atoms with Crippen LogP contribution in [0.1, 0.15) is 24.0 Å². The van der Waals surface area contributed by atoms with Crippen LogP contribution in [-0.4, -0.2) is 23.2 Å². The lowest BCUT2D eigenvalue weighted by Crippen LogP contribution is -2.49. The Bertz CT molecular complexity index is 496. The van der Waals surface area contributed by atoms with Gasteiger partial charge in [-0.25, -0.2) is 4.99 Å². The first-order valence-corrected chi connectivity index (χ1v) is 6.25. The van der Waals surface area contributed by atoms with Gasteiger partial charge in [0.1, 0.15) is 0 Å². The van der Waals surface area contributed by atoms with Crippen LogP contribution in [0, 0.1) is 0 Å². The number of guanidine groups is 1.